The molecular weight excluding hydrogens is 325 g/mol. The van der Waals surface area contributed by atoms with Crippen LogP contribution in [0.25, 0.3) is 22.2 Å². The van der Waals surface area contributed by atoms with Crippen LogP contribution in [0.4, 0.5) is 4.39 Å². The maximum Gasteiger partial charge on any atom is 0.287 e. The Morgan fingerprint density at radius 2 is 1.92 bits per heavy atom. The molecule has 0 aliphatic rings. The van der Waals surface area contributed by atoms with Crippen molar-refractivity contribution in [3.05, 3.63) is 54.1 Å². The van der Waals surface area contributed by atoms with Gasteiger partial charge >= 0.3 is 0 Å². The number of halogens is 1. The van der Waals surface area contributed by atoms with Crippen LogP contribution in [0.15, 0.2) is 42.5 Å². The summed E-state index contributed by atoms with van der Waals surface area (Å²) >= 11 is 0. The van der Waals surface area contributed by atoms with Crippen LogP contribution in [0.3, 0.4) is 0 Å². The monoisotopic (exact) mass is 343 g/mol. The summed E-state index contributed by atoms with van der Waals surface area (Å²) < 4.78 is 13.0. The Balaban J connectivity index is 1.78. The second kappa shape index (κ2) is 7.39. The van der Waals surface area contributed by atoms with Gasteiger partial charge < -0.3 is 21.2 Å². The Morgan fingerprint density at radius 1 is 1.20 bits per heavy atom. The number of nitrogens with two attached hydrogens (primary N) is 1. The summed E-state index contributed by atoms with van der Waals surface area (Å²) in [6.07, 6.45) is 0. The number of benzene rings is 2. The number of fused-ring (bicyclic) bond motifs is 1. The van der Waals surface area contributed by atoms with Gasteiger partial charge in [-0.3, -0.25) is 4.79 Å². The van der Waals surface area contributed by atoms with Crippen LogP contribution < -0.4 is 16.5 Å². The molecule has 3 rings (SSSR count). The van der Waals surface area contributed by atoms with E-state index in [1.807, 2.05) is 17.6 Å². The van der Waals surface area contributed by atoms with E-state index in [1.165, 1.54) is 12.1 Å². The maximum absolute atomic E-state index is 13.0. The average molecular weight is 343 g/mol. The van der Waals surface area contributed by atoms with Gasteiger partial charge in [0, 0.05) is 19.1 Å². The Bertz CT molecular complexity index is 878. The van der Waals surface area contributed by atoms with Crippen molar-refractivity contribution in [1.29, 1.82) is 0 Å². The molecule has 0 radical (unpaired) electrons. The molecule has 0 aliphatic heterocycles. The summed E-state index contributed by atoms with van der Waals surface area (Å²) in [5.74, 6) is -0.497. The van der Waals surface area contributed by atoms with Gasteiger partial charge in [-0.1, -0.05) is 18.2 Å². The second-order valence-electron chi connectivity index (χ2n) is 5.66. The fourth-order valence-corrected chi connectivity index (χ4v) is 2.44. The van der Waals surface area contributed by atoms with Gasteiger partial charge in [-0.15, -0.1) is 0 Å². The van der Waals surface area contributed by atoms with Crippen LogP contribution >= 0.6 is 0 Å². The van der Waals surface area contributed by atoms with Gasteiger partial charge in [0.2, 0.25) is 0 Å². The summed E-state index contributed by atoms with van der Waals surface area (Å²) in [6.45, 7) is 0.367. The van der Waals surface area contributed by atoms with Crippen LogP contribution in [-0.4, -0.2) is 40.2 Å². The van der Waals surface area contributed by atoms with Crippen molar-refractivity contribution in [2.24, 2.45) is 5.73 Å². The Morgan fingerprint density at radius 3 is 2.64 bits per heavy atom. The molecular formula is C17H18FN5O2. The van der Waals surface area contributed by atoms with E-state index in [1.54, 1.807) is 18.2 Å². The smallest absolute Gasteiger partial charge is 0.287 e. The number of H-pyrrole nitrogens is 1. The molecule has 0 aliphatic carbocycles. The molecule has 0 saturated carbocycles. The number of carbonyl (C=O) groups is 1. The number of imidazole rings is 1. The first-order valence-electron chi connectivity index (χ1n) is 7.73. The van der Waals surface area contributed by atoms with E-state index < -0.39 is 6.04 Å². The Hall–Kier alpha value is -2.81. The molecule has 1 aromatic heterocycles. The third-order valence-electron chi connectivity index (χ3n) is 3.75. The molecule has 25 heavy (non-hydrogen) atoms. The van der Waals surface area contributed by atoms with E-state index in [-0.39, 0.29) is 30.6 Å². The lowest BCUT2D eigenvalue weighted by atomic mass is 10.1. The number of aromatic amines is 1. The summed E-state index contributed by atoms with van der Waals surface area (Å²) in [5.41, 5.74) is 10.7. The number of hydrogen-bond acceptors (Lipinski definition) is 5. The van der Waals surface area contributed by atoms with Crippen molar-refractivity contribution in [3.8, 4) is 11.1 Å². The molecule has 7 nitrogen and oxygen atoms in total. The van der Waals surface area contributed by atoms with Crippen molar-refractivity contribution in [3.63, 3.8) is 0 Å². The third-order valence-corrected chi connectivity index (χ3v) is 3.75. The molecule has 6 N–H and O–H groups in total. The highest BCUT2D eigenvalue weighted by Crippen LogP contribution is 2.23. The van der Waals surface area contributed by atoms with Gasteiger partial charge in [0.15, 0.2) is 5.82 Å². The molecule has 130 valence electrons. The zero-order valence-corrected chi connectivity index (χ0v) is 13.3. The lowest BCUT2D eigenvalue weighted by molar-refractivity contribution is 0.0937. The van der Waals surface area contributed by atoms with Crippen LogP contribution in [0, 0.1) is 5.82 Å². The zero-order valence-electron chi connectivity index (χ0n) is 13.3. The predicted molar refractivity (Wildman–Crippen MR) is 91.6 cm³/mol. The van der Waals surface area contributed by atoms with Crippen molar-refractivity contribution < 1.29 is 14.4 Å². The van der Waals surface area contributed by atoms with Crippen molar-refractivity contribution in [2.45, 2.75) is 6.04 Å². The van der Waals surface area contributed by atoms with E-state index in [9.17, 15) is 9.18 Å². The van der Waals surface area contributed by atoms with E-state index in [2.05, 4.69) is 15.3 Å². The van der Waals surface area contributed by atoms with Gasteiger partial charge in [-0.05, 0) is 35.4 Å². The number of carbonyl (C=O) groups excluding carboxylic acids is 1. The summed E-state index contributed by atoms with van der Waals surface area (Å²) in [6, 6.07) is 11.3. The Labute approximate surface area is 143 Å². The van der Waals surface area contributed by atoms with Crippen molar-refractivity contribution in [1.82, 2.24) is 20.8 Å². The molecule has 1 atom stereocenters. The van der Waals surface area contributed by atoms with Gasteiger partial charge in [-0.25, -0.2) is 14.9 Å². The highest BCUT2D eigenvalue weighted by atomic mass is 19.1. The van der Waals surface area contributed by atoms with Crippen LogP contribution in [0.5, 0.6) is 0 Å². The number of nitrogens with one attached hydrogen (secondary N) is 3. The fourth-order valence-electron chi connectivity index (χ4n) is 2.44. The first-order chi connectivity index (χ1) is 12.1. The molecule has 2 aromatic carbocycles. The third kappa shape index (κ3) is 4.00. The average Bonchev–Trinajstić information content (AvgIpc) is 3.04. The molecule has 0 bridgehead atoms. The number of aromatic nitrogens is 2. The molecule has 8 heteroatoms. The quantitative estimate of drug-likeness (QED) is 0.434. The molecule has 3 aromatic rings. The van der Waals surface area contributed by atoms with Crippen LogP contribution in [0.1, 0.15) is 10.6 Å². The summed E-state index contributed by atoms with van der Waals surface area (Å²) in [5, 5.41) is 11.2. The molecule has 1 heterocycles. The Kier molecular flexibility index (Phi) is 5.03. The highest BCUT2D eigenvalue weighted by Gasteiger charge is 2.13. The van der Waals surface area contributed by atoms with Gasteiger partial charge in [0.25, 0.3) is 5.91 Å². The topological polar surface area (TPSA) is 116 Å². The molecule has 1 amide bonds. The van der Waals surface area contributed by atoms with E-state index in [0.29, 0.717) is 11.0 Å². The maximum atomic E-state index is 13.0. The van der Waals surface area contributed by atoms with Crippen LogP contribution in [0.2, 0.25) is 0 Å². The summed E-state index contributed by atoms with van der Waals surface area (Å²) in [4.78, 5) is 19.4. The van der Waals surface area contributed by atoms with Gasteiger partial charge in [-0.2, -0.15) is 0 Å². The van der Waals surface area contributed by atoms with E-state index in [4.69, 9.17) is 10.9 Å². The van der Waals surface area contributed by atoms with E-state index in [0.717, 1.165) is 11.1 Å². The van der Waals surface area contributed by atoms with Crippen LogP contribution in [-0.2, 0) is 0 Å². The van der Waals surface area contributed by atoms with Gasteiger partial charge in [0.05, 0.1) is 11.0 Å². The summed E-state index contributed by atoms with van der Waals surface area (Å²) in [7, 11) is 0. The zero-order chi connectivity index (χ0) is 17.8. The standard InChI is InChI=1S/C17H18FN5O2/c18-12-4-1-10(2-5-12)11-3-6-14-15(7-11)23-16(22-14)17(24)20-8-13(19)9-21-25/h1-7,13,21,25H,8-9,19H2,(H,20,24)(H,22,23)/t13-/m1/s1. The number of amides is 1. The normalized spacial score (nSPS) is 12.3. The predicted octanol–water partition coefficient (Wildman–Crippen LogP) is 1.40. The first-order valence-corrected chi connectivity index (χ1v) is 7.73. The fraction of sp³-hybridized carbons (Fsp3) is 0.176. The minimum atomic E-state index is -0.414. The molecule has 0 fully saturated rings. The molecule has 0 spiro atoms. The molecule has 0 unspecified atom stereocenters. The molecule has 0 saturated heterocycles. The minimum Gasteiger partial charge on any atom is -0.348 e. The lowest BCUT2D eigenvalue weighted by Gasteiger charge is -2.10. The number of hydroxylamine groups is 1. The number of hydrogen-bond donors (Lipinski definition) is 5. The van der Waals surface area contributed by atoms with Crippen molar-refractivity contribution in [2.75, 3.05) is 13.1 Å². The highest BCUT2D eigenvalue weighted by molar-refractivity contribution is 5.94. The lowest BCUT2D eigenvalue weighted by Crippen LogP contribution is -2.43. The van der Waals surface area contributed by atoms with E-state index >= 15 is 0 Å². The number of nitrogens with zero attached hydrogens (tertiary/aromatic N) is 1. The second-order valence-corrected chi connectivity index (χ2v) is 5.66. The first kappa shape index (κ1) is 17.0. The SMILES string of the molecule is N[C@@H](CNO)CNC(=O)c1nc2ccc(-c3ccc(F)cc3)cc2[nH]1. The van der Waals surface area contributed by atoms with Gasteiger partial charge in [0.1, 0.15) is 5.82 Å². The largest absolute Gasteiger partial charge is 0.348 e. The minimum absolute atomic E-state index is 0.168. The van der Waals surface area contributed by atoms with Crippen molar-refractivity contribution >= 4 is 16.9 Å². The number of rotatable bonds is 6.